The van der Waals surface area contributed by atoms with Crippen molar-refractivity contribution in [3.63, 3.8) is 0 Å². The average molecular weight is 447 g/mol. The molecule has 1 atom stereocenters. The number of carbonyl (C=O) groups is 2. The monoisotopic (exact) mass is 447 g/mol. The van der Waals surface area contributed by atoms with E-state index in [4.69, 9.17) is 0 Å². The normalized spacial score (nSPS) is 15.7. The fraction of sp³-hybridized carbons (Fsp3) is 0.200. The summed E-state index contributed by atoms with van der Waals surface area (Å²) in [5.74, 6) is -2.49. The van der Waals surface area contributed by atoms with Crippen molar-refractivity contribution in [2.24, 2.45) is 0 Å². The van der Waals surface area contributed by atoms with Crippen molar-refractivity contribution in [2.75, 3.05) is 17.2 Å². The Morgan fingerprint density at radius 1 is 1.00 bits per heavy atom. The van der Waals surface area contributed by atoms with Crippen molar-refractivity contribution in [3.05, 3.63) is 59.9 Å². The lowest BCUT2D eigenvalue weighted by Gasteiger charge is -2.23. The molecule has 0 bridgehead atoms. The quantitative estimate of drug-likeness (QED) is 0.626. The maximum absolute atomic E-state index is 13.8. The molecule has 0 spiro atoms. The molecule has 3 amide bonds. The van der Waals surface area contributed by atoms with Gasteiger partial charge in [0.05, 0.1) is 5.69 Å². The Bertz CT molecular complexity index is 1120. The lowest BCUT2D eigenvalue weighted by atomic mass is 10.2. The minimum absolute atomic E-state index is 0.175. The summed E-state index contributed by atoms with van der Waals surface area (Å²) in [6.07, 6.45) is 1.02. The lowest BCUT2D eigenvalue weighted by Crippen LogP contribution is -2.45. The number of nitrogens with one attached hydrogen (secondary N) is 2. The first-order valence-electron chi connectivity index (χ1n) is 9.34. The predicted molar refractivity (Wildman–Crippen MR) is 109 cm³/mol. The van der Waals surface area contributed by atoms with E-state index in [2.05, 4.69) is 20.8 Å². The molecule has 2 heterocycles. The van der Waals surface area contributed by atoms with E-state index in [9.17, 15) is 22.8 Å². The molecule has 4 rings (SSSR count). The highest BCUT2D eigenvalue weighted by Gasteiger charge is 2.35. The van der Waals surface area contributed by atoms with E-state index in [-0.39, 0.29) is 16.6 Å². The summed E-state index contributed by atoms with van der Waals surface area (Å²) in [6.45, 7) is 0.309. The first kappa shape index (κ1) is 20.8. The van der Waals surface area contributed by atoms with Gasteiger partial charge in [-0.3, -0.25) is 10.1 Å². The first-order valence-corrected chi connectivity index (χ1v) is 10.2. The van der Waals surface area contributed by atoms with Crippen molar-refractivity contribution in [2.45, 2.75) is 18.9 Å². The Balaban J connectivity index is 1.42. The fourth-order valence-electron chi connectivity index (χ4n) is 3.23. The Hall–Kier alpha value is -3.47. The molecular formula is C20H16F3N5O2S. The molecule has 1 saturated heterocycles. The molecule has 7 nitrogen and oxygen atoms in total. The molecule has 0 aliphatic carbocycles. The maximum Gasteiger partial charge on any atom is 0.322 e. The highest BCUT2D eigenvalue weighted by atomic mass is 32.1. The summed E-state index contributed by atoms with van der Waals surface area (Å²) >= 11 is 1.11. The smallest absolute Gasteiger partial charge is 0.312 e. The fourth-order valence-corrected chi connectivity index (χ4v) is 3.98. The van der Waals surface area contributed by atoms with Crippen molar-refractivity contribution in [1.82, 2.24) is 15.1 Å². The minimum Gasteiger partial charge on any atom is -0.312 e. The van der Waals surface area contributed by atoms with Crippen LogP contribution in [0.3, 0.4) is 0 Å². The van der Waals surface area contributed by atoms with E-state index >= 15 is 0 Å². The van der Waals surface area contributed by atoms with Crippen LogP contribution in [0.2, 0.25) is 0 Å². The Morgan fingerprint density at radius 2 is 1.74 bits per heavy atom. The SMILES string of the molecule is O=C(Nc1nnc(-c2ccc(F)cc2)s1)C1CCCN1C(=O)Nc1ccc(F)cc1F. The van der Waals surface area contributed by atoms with Crippen LogP contribution >= 0.6 is 11.3 Å². The Morgan fingerprint density at radius 3 is 2.48 bits per heavy atom. The molecule has 2 N–H and O–H groups in total. The standard InChI is InChI=1S/C20H16F3N5O2S/c21-12-5-3-11(4-6-12)18-26-27-19(31-18)25-17(29)16-2-1-9-28(16)20(30)24-15-8-7-13(22)10-14(15)23/h3-8,10,16H,1-2,9H2,(H,24,30)(H,25,27,29). The molecular weight excluding hydrogens is 431 g/mol. The highest BCUT2D eigenvalue weighted by molar-refractivity contribution is 7.18. The van der Waals surface area contributed by atoms with Gasteiger partial charge < -0.3 is 10.2 Å². The molecule has 0 radical (unpaired) electrons. The van der Waals surface area contributed by atoms with Crippen LogP contribution in [-0.2, 0) is 4.79 Å². The molecule has 1 aliphatic heterocycles. The largest absolute Gasteiger partial charge is 0.322 e. The van der Waals surface area contributed by atoms with Crippen LogP contribution < -0.4 is 10.6 Å². The van der Waals surface area contributed by atoms with E-state index < -0.39 is 29.6 Å². The number of hydrogen-bond donors (Lipinski definition) is 2. The van der Waals surface area contributed by atoms with Gasteiger partial charge in [0.25, 0.3) is 0 Å². The van der Waals surface area contributed by atoms with Crippen molar-refractivity contribution >= 4 is 34.1 Å². The molecule has 31 heavy (non-hydrogen) atoms. The third-order valence-electron chi connectivity index (χ3n) is 4.74. The van der Waals surface area contributed by atoms with Gasteiger partial charge in [-0.05, 0) is 49.2 Å². The number of benzene rings is 2. The van der Waals surface area contributed by atoms with Crippen LogP contribution in [-0.4, -0.2) is 39.6 Å². The van der Waals surface area contributed by atoms with Gasteiger partial charge in [-0.25, -0.2) is 18.0 Å². The lowest BCUT2D eigenvalue weighted by molar-refractivity contribution is -0.119. The minimum atomic E-state index is -0.907. The van der Waals surface area contributed by atoms with E-state index in [0.29, 0.717) is 36.0 Å². The molecule has 1 aromatic heterocycles. The molecule has 1 fully saturated rings. The summed E-state index contributed by atoms with van der Waals surface area (Å²) in [5.41, 5.74) is 0.480. The van der Waals surface area contributed by atoms with Crippen LogP contribution in [0.1, 0.15) is 12.8 Å². The number of carbonyl (C=O) groups excluding carboxylic acids is 2. The zero-order valence-electron chi connectivity index (χ0n) is 15.9. The number of amides is 3. The third-order valence-corrected chi connectivity index (χ3v) is 5.62. The summed E-state index contributed by atoms with van der Waals surface area (Å²) < 4.78 is 39.9. The van der Waals surface area contributed by atoms with Gasteiger partial charge in [0, 0.05) is 18.2 Å². The van der Waals surface area contributed by atoms with Crippen LogP contribution in [0, 0.1) is 17.5 Å². The van der Waals surface area contributed by atoms with Crippen LogP contribution in [0.25, 0.3) is 10.6 Å². The van der Waals surface area contributed by atoms with Gasteiger partial charge in [0.2, 0.25) is 11.0 Å². The first-order chi connectivity index (χ1) is 14.9. The molecule has 11 heteroatoms. The van der Waals surface area contributed by atoms with Crippen LogP contribution in [0.4, 0.5) is 28.8 Å². The molecule has 160 valence electrons. The van der Waals surface area contributed by atoms with Gasteiger partial charge in [-0.1, -0.05) is 11.3 Å². The number of hydrogen-bond acceptors (Lipinski definition) is 5. The maximum atomic E-state index is 13.8. The number of halogens is 3. The number of aromatic nitrogens is 2. The Kier molecular flexibility index (Phi) is 5.85. The van der Waals surface area contributed by atoms with Crippen molar-refractivity contribution in [1.29, 1.82) is 0 Å². The van der Waals surface area contributed by atoms with Gasteiger partial charge in [0.1, 0.15) is 28.5 Å². The van der Waals surface area contributed by atoms with Gasteiger partial charge in [0.15, 0.2) is 0 Å². The van der Waals surface area contributed by atoms with Crippen LogP contribution in [0.5, 0.6) is 0 Å². The number of nitrogens with zero attached hydrogens (tertiary/aromatic N) is 3. The molecule has 1 unspecified atom stereocenters. The summed E-state index contributed by atoms with van der Waals surface area (Å²) in [6, 6.07) is 7.08. The molecule has 3 aromatic rings. The third kappa shape index (κ3) is 4.66. The number of likely N-dealkylation sites (tertiary alicyclic amines) is 1. The summed E-state index contributed by atoms with van der Waals surface area (Å²) in [5, 5.41) is 13.7. The second-order valence-electron chi connectivity index (χ2n) is 6.81. The Labute approximate surface area is 178 Å². The predicted octanol–water partition coefficient (Wildman–Crippen LogP) is 4.26. The van der Waals surface area contributed by atoms with E-state index in [1.165, 1.54) is 17.0 Å². The number of anilines is 2. The van der Waals surface area contributed by atoms with E-state index in [0.717, 1.165) is 23.5 Å². The molecule has 1 aliphatic rings. The van der Waals surface area contributed by atoms with Crippen molar-refractivity contribution in [3.8, 4) is 10.6 Å². The van der Waals surface area contributed by atoms with Gasteiger partial charge in [-0.15, -0.1) is 10.2 Å². The average Bonchev–Trinajstić information content (AvgIpc) is 3.40. The molecule has 0 saturated carbocycles. The number of rotatable bonds is 4. The topological polar surface area (TPSA) is 87.2 Å². The summed E-state index contributed by atoms with van der Waals surface area (Å²) in [7, 11) is 0. The van der Waals surface area contributed by atoms with E-state index in [1.54, 1.807) is 12.1 Å². The number of urea groups is 1. The van der Waals surface area contributed by atoms with Gasteiger partial charge in [-0.2, -0.15) is 0 Å². The van der Waals surface area contributed by atoms with Gasteiger partial charge >= 0.3 is 6.03 Å². The second-order valence-corrected chi connectivity index (χ2v) is 7.79. The highest BCUT2D eigenvalue weighted by Crippen LogP contribution is 2.28. The summed E-state index contributed by atoms with van der Waals surface area (Å²) in [4.78, 5) is 26.6. The van der Waals surface area contributed by atoms with Crippen molar-refractivity contribution < 1.29 is 22.8 Å². The molecule has 2 aromatic carbocycles. The zero-order valence-corrected chi connectivity index (χ0v) is 16.8. The van der Waals surface area contributed by atoms with Crippen LogP contribution in [0.15, 0.2) is 42.5 Å². The second kappa shape index (κ2) is 8.72. The van der Waals surface area contributed by atoms with E-state index in [1.807, 2.05) is 0 Å². The zero-order chi connectivity index (χ0) is 22.0.